The Balaban J connectivity index is 0. The number of hydrogen-bond acceptors (Lipinski definition) is 7. The minimum atomic E-state index is -0.939. The van der Waals surface area contributed by atoms with Crippen LogP contribution in [0, 0.1) is 31.1 Å². The van der Waals surface area contributed by atoms with Gasteiger partial charge in [0.25, 0.3) is 0 Å². The molecular formula is C15H28IN5O6U. The molecule has 0 aromatic rings. The van der Waals surface area contributed by atoms with E-state index in [1.807, 2.05) is 4.90 Å². The topological polar surface area (TPSA) is 149 Å². The largest absolute Gasteiger partial charge is 2.00 e. The van der Waals surface area contributed by atoms with Crippen molar-refractivity contribution in [2.75, 3.05) is 79.1 Å². The van der Waals surface area contributed by atoms with E-state index in [0.29, 0.717) is 52.4 Å². The number of nitrogens with one attached hydrogen (secondary N) is 1. The van der Waals surface area contributed by atoms with Crippen molar-refractivity contribution in [1.29, 1.82) is 0 Å². The molecule has 13 heteroatoms. The second kappa shape index (κ2) is 19.0. The molecule has 160 valence electrons. The molecule has 1 aliphatic rings. The maximum absolute atomic E-state index is 11.5. The predicted octanol–water partition coefficient (Wildman–Crippen LogP) is 0.0105. The summed E-state index contributed by atoms with van der Waals surface area (Å²) in [6.45, 7) is 3.87. The Hall–Kier alpha value is -0.00805. The molecule has 0 unspecified atom stereocenters. The molecule has 0 radical (unpaired) electrons. The third-order valence-electron chi connectivity index (χ3n) is 3.91. The van der Waals surface area contributed by atoms with Crippen molar-refractivity contribution in [2.45, 2.75) is 0 Å². The van der Waals surface area contributed by atoms with Crippen LogP contribution in [0.15, 0.2) is 0 Å². The fourth-order valence-electron chi connectivity index (χ4n) is 2.54. The number of carbonyl (C=O) groups excluding carboxylic acids is 1. The molecule has 1 saturated heterocycles. The number of carbonyl (C=O) groups is 3. The van der Waals surface area contributed by atoms with Crippen LogP contribution >= 0.6 is 22.9 Å². The van der Waals surface area contributed by atoms with Crippen molar-refractivity contribution < 1.29 is 60.4 Å². The molecule has 0 bridgehead atoms. The van der Waals surface area contributed by atoms with E-state index in [-0.39, 0.29) is 56.7 Å². The van der Waals surface area contributed by atoms with Gasteiger partial charge in [0.1, 0.15) is 0 Å². The number of rotatable bonds is 6. The molecule has 0 saturated carbocycles. The van der Waals surface area contributed by atoms with E-state index < -0.39 is 11.9 Å². The first kappa shape index (κ1) is 30.2. The number of hydrogen-bond donors (Lipinski definition) is 2. The molecule has 0 amide bonds. The van der Waals surface area contributed by atoms with Crippen LogP contribution in [0.4, 0.5) is 0 Å². The van der Waals surface area contributed by atoms with Crippen LogP contribution in [0.2, 0.25) is 0 Å². The number of esters is 1. The van der Waals surface area contributed by atoms with Gasteiger partial charge in [0.2, 0.25) is 0 Å². The second-order valence-corrected chi connectivity index (χ2v) is 5.86. The second-order valence-electron chi connectivity index (χ2n) is 5.86. The third-order valence-corrected chi connectivity index (χ3v) is 3.91. The fraction of sp³-hybridized carbons (Fsp3) is 0.800. The number of ether oxygens (including phenoxy) is 1. The van der Waals surface area contributed by atoms with Crippen molar-refractivity contribution in [3.05, 3.63) is 9.26 Å². The number of methoxy groups -OCH3 is 1. The molecule has 1 rings (SSSR count). The van der Waals surface area contributed by atoms with Gasteiger partial charge in [-0.2, -0.15) is 0 Å². The zero-order chi connectivity index (χ0) is 20.7. The number of carboxylic acid groups (broad SMARTS) is 2. The average Bonchev–Trinajstić information content (AvgIpc) is 2.62. The molecule has 1 fully saturated rings. The number of carboxylic acids is 2. The summed E-state index contributed by atoms with van der Waals surface area (Å²) in [5.41, 5.74) is 0. The van der Waals surface area contributed by atoms with E-state index in [2.05, 4.69) is 10.1 Å². The van der Waals surface area contributed by atoms with Gasteiger partial charge in [0.15, 0.2) is 0 Å². The van der Waals surface area contributed by atoms with Crippen molar-refractivity contribution in [1.82, 2.24) is 14.7 Å². The van der Waals surface area contributed by atoms with Crippen molar-refractivity contribution in [3.8, 4) is 0 Å². The average molecular weight is 739 g/mol. The van der Waals surface area contributed by atoms with Crippen molar-refractivity contribution >= 4 is 40.8 Å². The summed E-state index contributed by atoms with van der Waals surface area (Å²) < 4.78 is 10.4. The number of aliphatic carboxylic acids is 2. The first-order chi connectivity index (χ1) is 12.9. The first-order valence-electron chi connectivity index (χ1n) is 8.40. The third kappa shape index (κ3) is 15.9. The zero-order valence-electron chi connectivity index (χ0n) is 16.0. The molecule has 1 aliphatic heterocycles. The molecule has 28 heavy (non-hydrogen) atoms. The molecular weight excluding hydrogens is 711 g/mol. The van der Waals surface area contributed by atoms with E-state index in [0.717, 1.165) is 0 Å². The summed E-state index contributed by atoms with van der Waals surface area (Å²) in [4.78, 5) is 38.9. The normalized spacial score (nSPS) is 17.7. The maximum Gasteiger partial charge on any atom is 2.00 e. The molecule has 11 nitrogen and oxygen atoms in total. The molecule has 0 aliphatic carbocycles. The minimum Gasteiger partial charge on any atom is -0.660 e. The van der Waals surface area contributed by atoms with E-state index in [1.54, 1.807) is 9.80 Å². The Morgan fingerprint density at radius 1 is 0.857 bits per heavy atom. The summed E-state index contributed by atoms with van der Waals surface area (Å²) in [5, 5.41) is 22.4. The van der Waals surface area contributed by atoms with Crippen LogP contribution in [-0.2, 0) is 19.1 Å². The number of nitrogens with zero attached hydrogens (tertiary/aromatic N) is 4. The summed E-state index contributed by atoms with van der Waals surface area (Å²) in [7, 11) is 1.33. The van der Waals surface area contributed by atoms with Gasteiger partial charge in [-0.1, -0.05) is 0 Å². The van der Waals surface area contributed by atoms with E-state index >= 15 is 0 Å². The first-order valence-corrected chi connectivity index (χ1v) is 9.48. The van der Waals surface area contributed by atoms with Crippen molar-refractivity contribution in [2.24, 2.45) is 0 Å². The van der Waals surface area contributed by atoms with Gasteiger partial charge in [-0.3, -0.25) is 29.1 Å². The van der Waals surface area contributed by atoms with Crippen LogP contribution in [0.5, 0.6) is 0 Å². The fourth-order valence-corrected chi connectivity index (χ4v) is 2.54. The van der Waals surface area contributed by atoms with E-state index in [1.165, 1.54) is 30.0 Å². The monoisotopic (exact) mass is 739 g/mol. The molecule has 1 heterocycles. The summed E-state index contributed by atoms with van der Waals surface area (Å²) in [6, 6.07) is 0. The standard InChI is InChI=1S/C15H27N4O6.HIN.U/c1-25-15(24)12-18-5-3-16-2-4-17(10-13(20)21)6-8-19(9-7-18)11-14(22)23;1-2;/h2-12H2,1H3,(H,20,21)(H,22,23);2H;/q2*-1;+2. The van der Waals surface area contributed by atoms with Gasteiger partial charge < -0.3 is 24.2 Å². The Morgan fingerprint density at radius 2 is 1.21 bits per heavy atom. The number of halogens is 1. The smallest absolute Gasteiger partial charge is 0.660 e. The van der Waals surface area contributed by atoms with Gasteiger partial charge in [0.05, 0.1) is 26.7 Å². The van der Waals surface area contributed by atoms with Crippen LogP contribution in [0.1, 0.15) is 0 Å². The van der Waals surface area contributed by atoms with Crippen LogP contribution in [0.3, 0.4) is 0 Å². The minimum absolute atomic E-state index is 0. The Morgan fingerprint density at radius 3 is 1.57 bits per heavy atom. The molecule has 3 N–H and O–H groups in total. The van der Waals surface area contributed by atoms with Crippen LogP contribution in [-0.4, -0.2) is 122 Å². The molecule has 0 aromatic heterocycles. The van der Waals surface area contributed by atoms with E-state index in [9.17, 15) is 14.4 Å². The van der Waals surface area contributed by atoms with Gasteiger partial charge in [-0.25, -0.2) is 22.9 Å². The summed E-state index contributed by atoms with van der Waals surface area (Å²) in [5.74, 6) is -2.20. The maximum atomic E-state index is 11.5. The Labute approximate surface area is 203 Å². The zero-order valence-corrected chi connectivity index (χ0v) is 22.3. The summed E-state index contributed by atoms with van der Waals surface area (Å²) >= 11 is 1.40. The van der Waals surface area contributed by atoms with Gasteiger partial charge >= 0.3 is 49.0 Å². The summed E-state index contributed by atoms with van der Waals surface area (Å²) in [6.07, 6.45) is 0. The van der Waals surface area contributed by atoms with Crippen molar-refractivity contribution in [3.63, 3.8) is 0 Å². The van der Waals surface area contributed by atoms with Gasteiger partial charge in [-0.15, -0.1) is 13.1 Å². The van der Waals surface area contributed by atoms with Crippen LogP contribution in [0.25, 0.3) is 9.26 Å². The van der Waals surface area contributed by atoms with Gasteiger partial charge in [0, 0.05) is 26.2 Å². The Kier molecular flexibility index (Phi) is 20.5. The molecule has 0 spiro atoms. The van der Waals surface area contributed by atoms with E-state index in [4.69, 9.17) is 14.2 Å². The van der Waals surface area contributed by atoms with Gasteiger partial charge in [-0.05, 0) is 13.1 Å². The molecule has 0 atom stereocenters. The predicted molar refractivity (Wildman–Crippen MR) is 108 cm³/mol. The quantitative estimate of drug-likeness (QED) is 0.284. The van der Waals surface area contributed by atoms with Crippen LogP contribution < -0.4 is 0 Å². The Bertz CT molecular complexity index is 463. The SMILES string of the molecule is COC(=O)CN1CC[N-]CCN(CC(=O)O)CCN(CC(=O)O)CC1.[NH-]I.[U+2]. The molecule has 0 aromatic carbocycles.